The Labute approximate surface area is 140 Å². The van der Waals surface area contributed by atoms with Crippen molar-refractivity contribution >= 4 is 17.5 Å². The van der Waals surface area contributed by atoms with Gasteiger partial charge in [-0.2, -0.15) is 0 Å². The summed E-state index contributed by atoms with van der Waals surface area (Å²) in [7, 11) is 0. The molecule has 5 nitrogen and oxygen atoms in total. The molecule has 0 bridgehead atoms. The summed E-state index contributed by atoms with van der Waals surface area (Å²) in [6, 6.07) is 10.2. The zero-order valence-electron chi connectivity index (χ0n) is 13.7. The molecule has 0 unspecified atom stereocenters. The van der Waals surface area contributed by atoms with Gasteiger partial charge in [-0.15, -0.1) is 0 Å². The topological polar surface area (TPSA) is 71.1 Å². The minimum absolute atomic E-state index is 0.120. The van der Waals surface area contributed by atoms with E-state index in [1.54, 1.807) is 6.92 Å². The Morgan fingerprint density at radius 3 is 2.54 bits per heavy atom. The Morgan fingerprint density at radius 2 is 1.92 bits per heavy atom. The van der Waals surface area contributed by atoms with Crippen LogP contribution in [0.25, 0.3) is 0 Å². The Kier molecular flexibility index (Phi) is 6.01. The van der Waals surface area contributed by atoms with E-state index in [2.05, 4.69) is 15.6 Å². The summed E-state index contributed by atoms with van der Waals surface area (Å²) in [5.74, 6) is -1.50. The van der Waals surface area contributed by atoms with Crippen LogP contribution in [0.5, 0.6) is 0 Å². The van der Waals surface area contributed by atoms with Crippen molar-refractivity contribution in [1.29, 1.82) is 0 Å². The maximum atomic E-state index is 13.6. The molecule has 1 heterocycles. The van der Waals surface area contributed by atoms with Crippen LogP contribution in [0.15, 0.2) is 42.6 Å². The first-order chi connectivity index (χ1) is 11.5. The van der Waals surface area contributed by atoms with Gasteiger partial charge in [-0.05, 0) is 43.2 Å². The lowest BCUT2D eigenvalue weighted by molar-refractivity contribution is -0.122. The van der Waals surface area contributed by atoms with Gasteiger partial charge in [0.15, 0.2) is 0 Å². The fourth-order valence-electron chi connectivity index (χ4n) is 2.28. The van der Waals surface area contributed by atoms with Crippen LogP contribution in [0.3, 0.4) is 0 Å². The third kappa shape index (κ3) is 4.87. The van der Waals surface area contributed by atoms with Crippen LogP contribution in [-0.4, -0.2) is 23.3 Å². The molecule has 2 aromatic rings. The van der Waals surface area contributed by atoms with Crippen molar-refractivity contribution in [3.63, 3.8) is 0 Å². The number of anilines is 1. The first kappa shape index (κ1) is 17.6. The van der Waals surface area contributed by atoms with Crippen molar-refractivity contribution in [1.82, 2.24) is 10.3 Å². The van der Waals surface area contributed by atoms with Crippen molar-refractivity contribution < 1.29 is 14.0 Å². The number of pyridine rings is 1. The highest BCUT2D eigenvalue weighted by atomic mass is 19.1. The van der Waals surface area contributed by atoms with Crippen molar-refractivity contribution in [3.8, 4) is 0 Å². The predicted molar refractivity (Wildman–Crippen MR) is 90.1 cm³/mol. The molecule has 2 rings (SSSR count). The van der Waals surface area contributed by atoms with Gasteiger partial charge in [0.1, 0.15) is 5.82 Å². The van der Waals surface area contributed by atoms with Crippen molar-refractivity contribution in [2.45, 2.75) is 26.2 Å². The van der Waals surface area contributed by atoms with Crippen LogP contribution in [0, 0.1) is 5.82 Å². The van der Waals surface area contributed by atoms with Crippen molar-refractivity contribution in [2.75, 3.05) is 11.9 Å². The number of carbonyl (C=O) groups excluding carboxylic acids is 2. The summed E-state index contributed by atoms with van der Waals surface area (Å²) >= 11 is 0. The van der Waals surface area contributed by atoms with E-state index in [0.29, 0.717) is 13.0 Å². The number of rotatable bonds is 6. The maximum absolute atomic E-state index is 13.6. The lowest BCUT2D eigenvalue weighted by Crippen LogP contribution is -2.30. The normalized spacial score (nSPS) is 11.6. The lowest BCUT2D eigenvalue weighted by Gasteiger charge is -2.12. The van der Waals surface area contributed by atoms with Crippen molar-refractivity contribution in [3.05, 3.63) is 59.7 Å². The van der Waals surface area contributed by atoms with Gasteiger partial charge in [0.25, 0.3) is 0 Å². The number of nitrogens with one attached hydrogen (secondary N) is 2. The molecule has 0 saturated heterocycles. The summed E-state index contributed by atoms with van der Waals surface area (Å²) < 4.78 is 13.6. The number of carbonyl (C=O) groups is 2. The molecule has 6 heteroatoms. The van der Waals surface area contributed by atoms with Gasteiger partial charge < -0.3 is 10.6 Å². The van der Waals surface area contributed by atoms with Crippen molar-refractivity contribution in [2.24, 2.45) is 0 Å². The van der Waals surface area contributed by atoms with Gasteiger partial charge >= 0.3 is 0 Å². The monoisotopic (exact) mass is 329 g/mol. The summed E-state index contributed by atoms with van der Waals surface area (Å²) in [5, 5.41) is 5.48. The predicted octanol–water partition coefficient (Wildman–Crippen LogP) is 2.64. The molecule has 0 spiro atoms. The maximum Gasteiger partial charge on any atom is 0.228 e. The zero-order chi connectivity index (χ0) is 17.5. The molecular formula is C18H20FN3O2. The van der Waals surface area contributed by atoms with E-state index in [0.717, 1.165) is 11.3 Å². The summed E-state index contributed by atoms with van der Waals surface area (Å²) in [5.41, 5.74) is 1.91. The Balaban J connectivity index is 1.84. The second-order valence-electron chi connectivity index (χ2n) is 5.51. The van der Waals surface area contributed by atoms with Crippen LogP contribution in [-0.2, 0) is 16.0 Å². The first-order valence-electron chi connectivity index (χ1n) is 7.72. The van der Waals surface area contributed by atoms with Gasteiger partial charge in [0, 0.05) is 25.4 Å². The van der Waals surface area contributed by atoms with Crippen LogP contribution in [0.4, 0.5) is 10.1 Å². The molecule has 2 N–H and O–H groups in total. The third-order valence-electron chi connectivity index (χ3n) is 3.58. The Morgan fingerprint density at radius 1 is 1.21 bits per heavy atom. The average Bonchev–Trinajstić information content (AvgIpc) is 2.55. The van der Waals surface area contributed by atoms with E-state index in [-0.39, 0.29) is 17.5 Å². The lowest BCUT2D eigenvalue weighted by atomic mass is 10.1. The quantitative estimate of drug-likeness (QED) is 0.856. The van der Waals surface area contributed by atoms with Crippen LogP contribution < -0.4 is 10.6 Å². The number of hydrogen-bond donors (Lipinski definition) is 2. The Hall–Kier alpha value is -2.76. The molecule has 1 aromatic carbocycles. The number of aromatic nitrogens is 1. The van der Waals surface area contributed by atoms with Gasteiger partial charge in [-0.25, -0.2) is 4.39 Å². The molecule has 0 saturated carbocycles. The van der Waals surface area contributed by atoms with Gasteiger partial charge in [-0.1, -0.05) is 12.1 Å². The molecule has 0 radical (unpaired) electrons. The summed E-state index contributed by atoms with van der Waals surface area (Å²) in [4.78, 5) is 27.0. The largest absolute Gasteiger partial charge is 0.355 e. The minimum Gasteiger partial charge on any atom is -0.355 e. The standard InChI is InChI=1S/C18H20FN3O2/c1-12(17-16(19)4-3-10-20-17)18(24)21-11-9-14-5-7-15(8-6-14)22-13(2)23/h3-8,10,12H,9,11H2,1-2H3,(H,21,24)(H,22,23)/t12-/m0/s1. The second-order valence-corrected chi connectivity index (χ2v) is 5.51. The molecule has 0 fully saturated rings. The van der Waals surface area contributed by atoms with Crippen LogP contribution in [0.1, 0.15) is 31.0 Å². The van der Waals surface area contributed by atoms with Crippen LogP contribution >= 0.6 is 0 Å². The highest BCUT2D eigenvalue weighted by molar-refractivity contribution is 5.88. The number of nitrogens with zero attached hydrogens (tertiary/aromatic N) is 1. The highest BCUT2D eigenvalue weighted by Gasteiger charge is 2.19. The highest BCUT2D eigenvalue weighted by Crippen LogP contribution is 2.16. The van der Waals surface area contributed by atoms with E-state index in [1.165, 1.54) is 25.3 Å². The molecule has 1 atom stereocenters. The fraction of sp³-hybridized carbons (Fsp3) is 0.278. The van der Waals surface area contributed by atoms with Gasteiger partial charge in [0.05, 0.1) is 11.6 Å². The zero-order valence-corrected chi connectivity index (χ0v) is 13.7. The number of amides is 2. The van der Waals surface area contributed by atoms with Crippen LogP contribution in [0.2, 0.25) is 0 Å². The second kappa shape index (κ2) is 8.19. The average molecular weight is 329 g/mol. The third-order valence-corrected chi connectivity index (χ3v) is 3.58. The summed E-state index contributed by atoms with van der Waals surface area (Å²) in [6.07, 6.45) is 2.11. The number of halogens is 1. The van der Waals surface area contributed by atoms with E-state index in [9.17, 15) is 14.0 Å². The number of hydrogen-bond acceptors (Lipinski definition) is 3. The molecular weight excluding hydrogens is 309 g/mol. The van der Waals surface area contributed by atoms with E-state index in [4.69, 9.17) is 0 Å². The molecule has 2 amide bonds. The first-order valence-corrected chi connectivity index (χ1v) is 7.72. The summed E-state index contributed by atoms with van der Waals surface area (Å²) in [6.45, 7) is 3.52. The molecule has 1 aromatic heterocycles. The van der Waals surface area contributed by atoms with E-state index < -0.39 is 11.7 Å². The fourth-order valence-corrected chi connectivity index (χ4v) is 2.28. The van der Waals surface area contributed by atoms with Gasteiger partial charge in [0.2, 0.25) is 11.8 Å². The molecule has 0 aliphatic heterocycles. The van der Waals surface area contributed by atoms with E-state index in [1.807, 2.05) is 24.3 Å². The van der Waals surface area contributed by atoms with E-state index >= 15 is 0 Å². The minimum atomic E-state index is -0.645. The molecule has 24 heavy (non-hydrogen) atoms. The van der Waals surface area contributed by atoms with Gasteiger partial charge in [-0.3, -0.25) is 14.6 Å². The molecule has 0 aliphatic rings. The molecule has 0 aliphatic carbocycles. The molecule has 126 valence electrons. The SMILES string of the molecule is CC(=O)Nc1ccc(CCNC(=O)[C@@H](C)c2ncccc2F)cc1. The number of benzene rings is 1. The Bertz CT molecular complexity index is 716. The smallest absolute Gasteiger partial charge is 0.228 e.